The molecule has 2 aromatic heterocycles. The lowest BCUT2D eigenvalue weighted by atomic mass is 10.2. The third kappa shape index (κ3) is 2.03. The molecule has 3 nitrogen and oxygen atoms in total. The van der Waals surface area contributed by atoms with E-state index in [9.17, 15) is 0 Å². The fraction of sp³-hybridized carbons (Fsp3) is 0.154. The molecule has 0 bridgehead atoms. The molecule has 0 saturated heterocycles. The lowest BCUT2D eigenvalue weighted by molar-refractivity contribution is 0.415. The summed E-state index contributed by atoms with van der Waals surface area (Å²) in [6.07, 6.45) is 0.848. The zero-order valence-corrected chi connectivity index (χ0v) is 10.3. The number of aromatic amines is 1. The molecule has 2 heterocycles. The van der Waals surface area contributed by atoms with Gasteiger partial charge in [-0.05, 0) is 34.5 Å². The maximum Gasteiger partial charge on any atom is 0.121 e. The van der Waals surface area contributed by atoms with Crippen molar-refractivity contribution in [3.8, 4) is 5.75 Å². The van der Waals surface area contributed by atoms with Crippen LogP contribution in [0.5, 0.6) is 5.75 Å². The first-order chi connectivity index (χ1) is 8.35. The van der Waals surface area contributed by atoms with Gasteiger partial charge in [0.05, 0.1) is 18.1 Å². The number of methoxy groups -OCH3 is 1. The maximum atomic E-state index is 5.19. The van der Waals surface area contributed by atoms with E-state index in [2.05, 4.69) is 26.8 Å². The Morgan fingerprint density at radius 1 is 1.35 bits per heavy atom. The molecule has 17 heavy (non-hydrogen) atoms. The van der Waals surface area contributed by atoms with Gasteiger partial charge in [-0.3, -0.25) is 0 Å². The monoisotopic (exact) mass is 244 g/mol. The van der Waals surface area contributed by atoms with Crippen molar-refractivity contribution >= 4 is 22.4 Å². The molecular weight excluding hydrogens is 232 g/mol. The Bertz CT molecular complexity index is 628. The number of hydrogen-bond donors (Lipinski definition) is 1. The van der Waals surface area contributed by atoms with E-state index in [1.165, 1.54) is 5.56 Å². The molecule has 0 aliphatic rings. The SMILES string of the molecule is COc1ccc2nc(Cc3ccsc3)[nH]c2c1. The number of aromatic nitrogens is 2. The first-order valence-corrected chi connectivity index (χ1v) is 6.33. The minimum absolute atomic E-state index is 0.848. The van der Waals surface area contributed by atoms with Crippen LogP contribution in [-0.4, -0.2) is 17.1 Å². The average molecular weight is 244 g/mol. The van der Waals surface area contributed by atoms with E-state index >= 15 is 0 Å². The normalized spacial score (nSPS) is 10.9. The minimum atomic E-state index is 0.848. The number of fused-ring (bicyclic) bond motifs is 1. The second-order valence-corrected chi connectivity index (χ2v) is 4.65. The molecule has 0 atom stereocenters. The highest BCUT2D eigenvalue weighted by Crippen LogP contribution is 2.20. The topological polar surface area (TPSA) is 37.9 Å². The number of nitrogens with zero attached hydrogens (tertiary/aromatic N) is 1. The Labute approximate surface area is 103 Å². The highest BCUT2D eigenvalue weighted by molar-refractivity contribution is 7.07. The molecule has 0 fully saturated rings. The van der Waals surface area contributed by atoms with Crippen molar-refractivity contribution in [2.45, 2.75) is 6.42 Å². The Morgan fingerprint density at radius 2 is 2.29 bits per heavy atom. The van der Waals surface area contributed by atoms with Gasteiger partial charge in [-0.2, -0.15) is 11.3 Å². The van der Waals surface area contributed by atoms with Crippen molar-refractivity contribution in [2.24, 2.45) is 0 Å². The minimum Gasteiger partial charge on any atom is -0.497 e. The van der Waals surface area contributed by atoms with Crippen LogP contribution < -0.4 is 4.74 Å². The number of ether oxygens (including phenoxy) is 1. The van der Waals surface area contributed by atoms with Gasteiger partial charge >= 0.3 is 0 Å². The molecule has 3 aromatic rings. The number of thiophene rings is 1. The van der Waals surface area contributed by atoms with Gasteiger partial charge in [-0.1, -0.05) is 0 Å². The quantitative estimate of drug-likeness (QED) is 0.768. The third-order valence-electron chi connectivity index (χ3n) is 2.69. The van der Waals surface area contributed by atoms with Crippen LogP contribution in [0.2, 0.25) is 0 Å². The molecule has 1 aromatic carbocycles. The Kier molecular flexibility index (Phi) is 2.57. The van der Waals surface area contributed by atoms with Crippen molar-refractivity contribution in [1.82, 2.24) is 9.97 Å². The predicted molar refractivity (Wildman–Crippen MR) is 69.8 cm³/mol. The van der Waals surface area contributed by atoms with E-state index in [0.717, 1.165) is 29.0 Å². The van der Waals surface area contributed by atoms with Crippen molar-refractivity contribution in [1.29, 1.82) is 0 Å². The van der Waals surface area contributed by atoms with Gasteiger partial charge in [-0.25, -0.2) is 4.98 Å². The van der Waals surface area contributed by atoms with Crippen molar-refractivity contribution in [3.05, 3.63) is 46.4 Å². The molecule has 0 unspecified atom stereocenters. The van der Waals surface area contributed by atoms with Gasteiger partial charge in [0, 0.05) is 12.5 Å². The van der Waals surface area contributed by atoms with Crippen LogP contribution in [0.3, 0.4) is 0 Å². The van der Waals surface area contributed by atoms with Crippen LogP contribution in [0.1, 0.15) is 11.4 Å². The summed E-state index contributed by atoms with van der Waals surface area (Å²) in [5, 5.41) is 4.23. The summed E-state index contributed by atoms with van der Waals surface area (Å²) < 4.78 is 5.19. The maximum absolute atomic E-state index is 5.19. The molecule has 0 saturated carbocycles. The van der Waals surface area contributed by atoms with Gasteiger partial charge < -0.3 is 9.72 Å². The van der Waals surface area contributed by atoms with Crippen molar-refractivity contribution in [2.75, 3.05) is 7.11 Å². The smallest absolute Gasteiger partial charge is 0.121 e. The predicted octanol–water partition coefficient (Wildman–Crippen LogP) is 3.22. The zero-order chi connectivity index (χ0) is 11.7. The number of imidazole rings is 1. The summed E-state index contributed by atoms with van der Waals surface area (Å²) in [5.41, 5.74) is 3.30. The van der Waals surface area contributed by atoms with Crippen LogP contribution in [0.15, 0.2) is 35.0 Å². The summed E-state index contributed by atoms with van der Waals surface area (Å²) in [6.45, 7) is 0. The summed E-state index contributed by atoms with van der Waals surface area (Å²) in [7, 11) is 1.67. The summed E-state index contributed by atoms with van der Waals surface area (Å²) in [4.78, 5) is 7.88. The second kappa shape index (κ2) is 4.22. The van der Waals surface area contributed by atoms with Crippen LogP contribution in [0.25, 0.3) is 11.0 Å². The Hall–Kier alpha value is -1.81. The Balaban J connectivity index is 1.96. The van der Waals surface area contributed by atoms with Gasteiger partial charge in [0.1, 0.15) is 11.6 Å². The first kappa shape index (κ1) is 10.4. The van der Waals surface area contributed by atoms with Crippen LogP contribution >= 0.6 is 11.3 Å². The summed E-state index contributed by atoms with van der Waals surface area (Å²) in [6, 6.07) is 8.00. The highest BCUT2D eigenvalue weighted by Gasteiger charge is 2.05. The molecule has 86 valence electrons. The zero-order valence-electron chi connectivity index (χ0n) is 9.43. The Morgan fingerprint density at radius 3 is 3.06 bits per heavy atom. The van der Waals surface area contributed by atoms with Crippen LogP contribution in [0, 0.1) is 0 Å². The van der Waals surface area contributed by atoms with E-state index < -0.39 is 0 Å². The fourth-order valence-electron chi connectivity index (χ4n) is 1.84. The molecule has 0 amide bonds. The molecule has 3 rings (SSSR count). The molecule has 0 spiro atoms. The largest absolute Gasteiger partial charge is 0.497 e. The van der Waals surface area contributed by atoms with E-state index in [0.29, 0.717) is 0 Å². The number of rotatable bonds is 3. The number of nitrogens with one attached hydrogen (secondary N) is 1. The third-order valence-corrected chi connectivity index (χ3v) is 3.42. The number of benzene rings is 1. The molecular formula is C13H12N2OS. The van der Waals surface area contributed by atoms with Crippen LogP contribution in [0.4, 0.5) is 0 Å². The van der Waals surface area contributed by atoms with Gasteiger partial charge in [0.25, 0.3) is 0 Å². The van der Waals surface area contributed by atoms with Crippen molar-refractivity contribution < 1.29 is 4.74 Å². The van der Waals surface area contributed by atoms with Crippen molar-refractivity contribution in [3.63, 3.8) is 0 Å². The molecule has 0 radical (unpaired) electrons. The van der Waals surface area contributed by atoms with Crippen LogP contribution in [-0.2, 0) is 6.42 Å². The second-order valence-electron chi connectivity index (χ2n) is 3.87. The lowest BCUT2D eigenvalue weighted by Gasteiger charge is -1.96. The van der Waals surface area contributed by atoms with Gasteiger partial charge in [0.15, 0.2) is 0 Å². The number of H-pyrrole nitrogens is 1. The van der Waals surface area contributed by atoms with E-state index in [1.807, 2.05) is 18.2 Å². The summed E-state index contributed by atoms with van der Waals surface area (Å²) >= 11 is 1.71. The average Bonchev–Trinajstić information content (AvgIpc) is 2.96. The molecule has 4 heteroatoms. The first-order valence-electron chi connectivity index (χ1n) is 5.39. The molecule has 1 N–H and O–H groups in total. The van der Waals surface area contributed by atoms with Gasteiger partial charge in [0.2, 0.25) is 0 Å². The highest BCUT2D eigenvalue weighted by atomic mass is 32.1. The fourth-order valence-corrected chi connectivity index (χ4v) is 2.51. The molecule has 0 aliphatic carbocycles. The van der Waals surface area contributed by atoms with E-state index in [4.69, 9.17) is 4.74 Å². The standard InChI is InChI=1S/C13H12N2OS/c1-16-10-2-3-11-12(7-10)15-13(14-11)6-9-4-5-17-8-9/h2-5,7-8H,6H2,1H3,(H,14,15). The van der Waals surface area contributed by atoms with E-state index in [-0.39, 0.29) is 0 Å². The lowest BCUT2D eigenvalue weighted by Crippen LogP contribution is -1.87. The molecule has 0 aliphatic heterocycles. The number of hydrogen-bond acceptors (Lipinski definition) is 3. The summed E-state index contributed by atoms with van der Waals surface area (Å²) in [5.74, 6) is 1.84. The van der Waals surface area contributed by atoms with Gasteiger partial charge in [-0.15, -0.1) is 0 Å². The van der Waals surface area contributed by atoms with E-state index in [1.54, 1.807) is 18.4 Å².